The molecule has 0 atom stereocenters. The van der Waals surface area contributed by atoms with E-state index < -0.39 is 6.16 Å². The minimum absolute atomic E-state index is 0.0970. The van der Waals surface area contributed by atoms with E-state index in [0.29, 0.717) is 4.88 Å². The third-order valence-corrected chi connectivity index (χ3v) is 2.18. The fourth-order valence-electron chi connectivity index (χ4n) is 0.650. The van der Waals surface area contributed by atoms with Gasteiger partial charge in [-0.05, 0) is 19.1 Å². The van der Waals surface area contributed by atoms with E-state index in [-0.39, 0.29) is 10.8 Å². The molecule has 0 aromatic carbocycles. The van der Waals surface area contributed by atoms with Crippen LogP contribution in [0, 0.1) is 0 Å². The van der Waals surface area contributed by atoms with Gasteiger partial charge in [0, 0.05) is 0 Å². The summed E-state index contributed by atoms with van der Waals surface area (Å²) in [6, 6.07) is 2.99. The lowest BCUT2D eigenvalue weighted by Gasteiger charge is -1.91. The number of carbonyl (C=O) groups excluding carboxylic acids is 1. The summed E-state index contributed by atoms with van der Waals surface area (Å²) in [7, 11) is 0. The monoisotopic (exact) mass is 186 g/mol. The largest absolute Gasteiger partial charge is 0.512 e. The molecule has 0 aliphatic carbocycles. The van der Waals surface area contributed by atoms with E-state index in [2.05, 4.69) is 4.74 Å². The summed E-state index contributed by atoms with van der Waals surface area (Å²) in [5.41, 5.74) is 0. The molecule has 0 saturated carbocycles. The van der Waals surface area contributed by atoms with Crippen LogP contribution in [0.5, 0.6) is 5.06 Å². The fourth-order valence-corrected chi connectivity index (χ4v) is 1.40. The molecule has 0 radical (unpaired) electrons. The van der Waals surface area contributed by atoms with Gasteiger partial charge in [-0.3, -0.25) is 4.79 Å². The van der Waals surface area contributed by atoms with Gasteiger partial charge in [0.05, 0.1) is 4.88 Å². The Bertz CT molecular complexity index is 315. The zero-order chi connectivity index (χ0) is 9.14. The van der Waals surface area contributed by atoms with Crippen LogP contribution < -0.4 is 4.74 Å². The van der Waals surface area contributed by atoms with Crippen LogP contribution in [0.4, 0.5) is 4.79 Å². The quantitative estimate of drug-likeness (QED) is 0.566. The Labute approximate surface area is 72.4 Å². The number of ether oxygens (including phenoxy) is 1. The summed E-state index contributed by atoms with van der Waals surface area (Å²) in [5, 5.41) is 8.43. The van der Waals surface area contributed by atoms with Gasteiger partial charge in [0.1, 0.15) is 0 Å². The molecule has 5 heteroatoms. The van der Waals surface area contributed by atoms with Crippen LogP contribution in [0.2, 0.25) is 0 Å². The van der Waals surface area contributed by atoms with Crippen molar-refractivity contribution in [2.45, 2.75) is 6.92 Å². The van der Waals surface area contributed by atoms with Crippen molar-refractivity contribution in [3.8, 4) is 5.06 Å². The van der Waals surface area contributed by atoms with Crippen LogP contribution in [-0.2, 0) is 0 Å². The average Bonchev–Trinajstić information content (AvgIpc) is 2.34. The summed E-state index contributed by atoms with van der Waals surface area (Å²) in [6.45, 7) is 1.41. The van der Waals surface area contributed by atoms with Gasteiger partial charge in [-0.15, -0.1) is 0 Å². The maximum absolute atomic E-state index is 10.8. The molecular formula is C7H6O4S. The maximum Gasteiger partial charge on any atom is 0.512 e. The Hall–Kier alpha value is -1.36. The van der Waals surface area contributed by atoms with Crippen molar-refractivity contribution in [2.24, 2.45) is 0 Å². The lowest BCUT2D eigenvalue weighted by atomic mass is 10.4. The maximum atomic E-state index is 10.8. The van der Waals surface area contributed by atoms with E-state index in [1.807, 2.05) is 0 Å². The van der Waals surface area contributed by atoms with Crippen molar-refractivity contribution in [1.82, 2.24) is 0 Å². The van der Waals surface area contributed by atoms with Crippen molar-refractivity contribution in [3.63, 3.8) is 0 Å². The molecule has 1 rings (SSSR count). The van der Waals surface area contributed by atoms with Gasteiger partial charge < -0.3 is 9.84 Å². The standard InChI is InChI=1S/C7H6O4S/c1-4(8)5-2-3-6(12-5)11-7(9)10/h2-3H,1H3,(H,9,10). The molecule has 1 aromatic heterocycles. The van der Waals surface area contributed by atoms with Gasteiger partial charge in [0.15, 0.2) is 10.8 Å². The highest BCUT2D eigenvalue weighted by molar-refractivity contribution is 7.15. The normalized spacial score (nSPS) is 9.42. The van der Waals surface area contributed by atoms with E-state index in [9.17, 15) is 9.59 Å². The number of thiophene rings is 1. The topological polar surface area (TPSA) is 63.6 Å². The average molecular weight is 186 g/mol. The molecule has 0 amide bonds. The van der Waals surface area contributed by atoms with Gasteiger partial charge >= 0.3 is 6.16 Å². The number of hydrogen-bond acceptors (Lipinski definition) is 4. The third-order valence-electron chi connectivity index (χ3n) is 1.12. The molecule has 0 spiro atoms. The van der Waals surface area contributed by atoms with Gasteiger partial charge in [-0.2, -0.15) is 0 Å². The predicted molar refractivity (Wildman–Crippen MR) is 43.0 cm³/mol. The number of Topliss-reactive ketones (excluding diaryl/α,β-unsaturated/α-hetero) is 1. The summed E-state index contributed by atoms with van der Waals surface area (Å²) in [6.07, 6.45) is -1.37. The highest BCUT2D eigenvalue weighted by Gasteiger charge is 2.07. The fraction of sp³-hybridized carbons (Fsp3) is 0.143. The first-order chi connectivity index (χ1) is 5.59. The van der Waals surface area contributed by atoms with E-state index in [1.54, 1.807) is 0 Å². The zero-order valence-electron chi connectivity index (χ0n) is 6.23. The van der Waals surface area contributed by atoms with Crippen molar-refractivity contribution >= 4 is 23.3 Å². The number of rotatable bonds is 2. The minimum Gasteiger partial charge on any atom is -0.449 e. The van der Waals surface area contributed by atoms with Crippen LogP contribution in [-0.4, -0.2) is 17.0 Å². The van der Waals surface area contributed by atoms with Crippen molar-refractivity contribution in [2.75, 3.05) is 0 Å². The molecular weight excluding hydrogens is 180 g/mol. The van der Waals surface area contributed by atoms with Crippen LogP contribution in [0.25, 0.3) is 0 Å². The molecule has 12 heavy (non-hydrogen) atoms. The predicted octanol–water partition coefficient (Wildman–Crippen LogP) is 2.01. The summed E-state index contributed by atoms with van der Waals surface area (Å²) in [4.78, 5) is 21.3. The van der Waals surface area contributed by atoms with E-state index in [4.69, 9.17) is 5.11 Å². The van der Waals surface area contributed by atoms with Gasteiger partial charge in [0.25, 0.3) is 0 Å². The van der Waals surface area contributed by atoms with Crippen molar-refractivity contribution in [3.05, 3.63) is 17.0 Å². The third kappa shape index (κ3) is 2.06. The molecule has 1 aromatic rings. The summed E-state index contributed by atoms with van der Waals surface area (Å²) < 4.78 is 4.33. The highest BCUT2D eigenvalue weighted by Crippen LogP contribution is 2.24. The summed E-state index contributed by atoms with van der Waals surface area (Å²) >= 11 is 1.02. The molecule has 1 N–H and O–H groups in total. The van der Waals surface area contributed by atoms with Crippen molar-refractivity contribution in [1.29, 1.82) is 0 Å². The van der Waals surface area contributed by atoms with Gasteiger partial charge in [-0.1, -0.05) is 11.3 Å². The molecule has 0 unspecified atom stereocenters. The minimum atomic E-state index is -1.37. The Morgan fingerprint density at radius 1 is 1.50 bits per heavy atom. The number of ketones is 1. The Morgan fingerprint density at radius 2 is 2.17 bits per heavy atom. The molecule has 0 aliphatic rings. The number of carbonyl (C=O) groups is 2. The molecule has 0 saturated heterocycles. The van der Waals surface area contributed by atoms with Crippen LogP contribution in [0.1, 0.15) is 16.6 Å². The second-order valence-corrected chi connectivity index (χ2v) is 3.09. The molecule has 64 valence electrons. The van der Waals surface area contributed by atoms with Crippen LogP contribution in [0.15, 0.2) is 12.1 Å². The Balaban J connectivity index is 2.77. The van der Waals surface area contributed by atoms with E-state index in [0.717, 1.165) is 11.3 Å². The Morgan fingerprint density at radius 3 is 2.58 bits per heavy atom. The molecule has 0 fully saturated rings. The number of carboxylic acid groups (broad SMARTS) is 1. The Kier molecular flexibility index (Phi) is 2.44. The smallest absolute Gasteiger partial charge is 0.449 e. The number of hydrogen-bond donors (Lipinski definition) is 1. The molecule has 4 nitrogen and oxygen atoms in total. The van der Waals surface area contributed by atoms with Crippen LogP contribution >= 0.6 is 11.3 Å². The summed E-state index contributed by atoms with van der Waals surface area (Å²) in [5.74, 6) is -0.0970. The zero-order valence-corrected chi connectivity index (χ0v) is 7.05. The van der Waals surface area contributed by atoms with Crippen molar-refractivity contribution < 1.29 is 19.4 Å². The highest BCUT2D eigenvalue weighted by atomic mass is 32.1. The second-order valence-electron chi connectivity index (χ2n) is 2.04. The lowest BCUT2D eigenvalue weighted by molar-refractivity contribution is 0.102. The first-order valence-electron chi connectivity index (χ1n) is 3.11. The van der Waals surface area contributed by atoms with Crippen LogP contribution in [0.3, 0.4) is 0 Å². The first kappa shape index (κ1) is 8.73. The lowest BCUT2D eigenvalue weighted by Crippen LogP contribution is -2.00. The second kappa shape index (κ2) is 3.36. The van der Waals surface area contributed by atoms with E-state index in [1.165, 1.54) is 19.1 Å². The SMILES string of the molecule is CC(=O)c1ccc(OC(=O)O)s1. The molecule has 1 heterocycles. The first-order valence-corrected chi connectivity index (χ1v) is 3.93. The molecule has 0 aliphatic heterocycles. The van der Waals surface area contributed by atoms with Gasteiger partial charge in [0.2, 0.25) is 0 Å². The molecule has 0 bridgehead atoms. The van der Waals surface area contributed by atoms with Gasteiger partial charge in [-0.25, -0.2) is 4.79 Å². The van der Waals surface area contributed by atoms with E-state index >= 15 is 0 Å².